The van der Waals surface area contributed by atoms with E-state index in [0.717, 1.165) is 25.7 Å². The lowest BCUT2D eigenvalue weighted by atomic mass is 9.80. The van der Waals surface area contributed by atoms with Crippen molar-refractivity contribution in [2.24, 2.45) is 0 Å². The van der Waals surface area contributed by atoms with Crippen molar-refractivity contribution in [3.63, 3.8) is 0 Å². The molecule has 22 heavy (non-hydrogen) atoms. The Labute approximate surface area is 149 Å². The van der Waals surface area contributed by atoms with Gasteiger partial charge in [-0.15, -0.1) is 0 Å². The molecule has 0 radical (unpaired) electrons. The van der Waals surface area contributed by atoms with Gasteiger partial charge in [0.2, 0.25) is 0 Å². The largest absolute Gasteiger partial charge is 0.425 e. The second-order valence-electron chi connectivity index (χ2n) is 5.38. The Morgan fingerprint density at radius 3 is 2.55 bits per heavy atom. The molecule has 0 atom stereocenters. The minimum atomic E-state index is -0.479. The number of halogens is 3. The number of ether oxygens (including phenoxy) is 1. The number of esters is 1. The zero-order valence-electron chi connectivity index (χ0n) is 12.3. The molecule has 1 N–H and O–H groups in total. The zero-order chi connectivity index (χ0) is 16.2. The number of nitrogens with one attached hydrogen (secondary N) is 1. The standard InChI is InChI=1S/C16H18BrCl2NO2/c1-20-16(7-3-2-4-8-16)14(10-17)22-15(21)12-6-5-11(18)9-13(12)19/h5-6,9-10,20H,2-4,7-8H2,1H3/b14-10+. The molecule has 0 unspecified atom stereocenters. The smallest absolute Gasteiger partial charge is 0.344 e. The van der Waals surface area contributed by atoms with Crippen molar-refractivity contribution in [2.75, 3.05) is 7.05 Å². The van der Waals surface area contributed by atoms with E-state index in [1.165, 1.54) is 12.5 Å². The number of likely N-dealkylation sites (N-methyl/N-ethyl adjacent to an activating group) is 1. The van der Waals surface area contributed by atoms with Gasteiger partial charge in [0.15, 0.2) is 0 Å². The SMILES string of the molecule is CNC1(/C(=C\Br)OC(=O)c2ccc(Cl)cc2Cl)CCCCC1. The molecule has 3 nitrogen and oxygen atoms in total. The monoisotopic (exact) mass is 405 g/mol. The lowest BCUT2D eigenvalue weighted by Gasteiger charge is -2.37. The maximum atomic E-state index is 12.4. The molecule has 0 aromatic heterocycles. The first-order valence-electron chi connectivity index (χ1n) is 7.19. The highest BCUT2D eigenvalue weighted by Gasteiger charge is 2.37. The molecule has 6 heteroatoms. The molecule has 120 valence electrons. The Morgan fingerprint density at radius 2 is 2.00 bits per heavy atom. The van der Waals surface area contributed by atoms with Crippen LogP contribution >= 0.6 is 39.1 Å². The van der Waals surface area contributed by atoms with Gasteiger partial charge in [-0.1, -0.05) is 58.4 Å². The number of hydrogen-bond donors (Lipinski definition) is 1. The van der Waals surface area contributed by atoms with E-state index in [0.29, 0.717) is 16.3 Å². The van der Waals surface area contributed by atoms with Crippen molar-refractivity contribution in [2.45, 2.75) is 37.6 Å². The van der Waals surface area contributed by atoms with Gasteiger partial charge in [0, 0.05) is 10.0 Å². The number of benzene rings is 1. The van der Waals surface area contributed by atoms with Gasteiger partial charge in [0.25, 0.3) is 0 Å². The molecule has 0 aliphatic heterocycles. The van der Waals surface area contributed by atoms with Crippen molar-refractivity contribution < 1.29 is 9.53 Å². The van der Waals surface area contributed by atoms with Crippen molar-refractivity contribution in [1.29, 1.82) is 0 Å². The average molecular weight is 407 g/mol. The quantitative estimate of drug-likeness (QED) is 0.543. The van der Waals surface area contributed by atoms with Gasteiger partial charge < -0.3 is 10.1 Å². The summed E-state index contributed by atoms with van der Waals surface area (Å²) >= 11 is 15.3. The Hall–Kier alpha value is -0.550. The van der Waals surface area contributed by atoms with Crippen LogP contribution < -0.4 is 5.32 Å². The number of carbonyl (C=O) groups excluding carboxylic acids is 1. The fourth-order valence-corrected chi connectivity index (χ4v) is 3.83. The first-order chi connectivity index (χ1) is 10.5. The first-order valence-corrected chi connectivity index (χ1v) is 8.86. The van der Waals surface area contributed by atoms with E-state index in [1.807, 2.05) is 7.05 Å². The van der Waals surface area contributed by atoms with Crippen molar-refractivity contribution in [3.05, 3.63) is 44.6 Å². The molecule has 2 rings (SSSR count). The molecule has 0 spiro atoms. The molecule has 0 heterocycles. The maximum Gasteiger partial charge on any atom is 0.344 e. The lowest BCUT2D eigenvalue weighted by Crippen LogP contribution is -2.47. The summed E-state index contributed by atoms with van der Waals surface area (Å²) in [6.45, 7) is 0. The normalized spacial score (nSPS) is 18.1. The fourth-order valence-electron chi connectivity index (χ4n) is 2.81. The van der Waals surface area contributed by atoms with E-state index in [9.17, 15) is 4.79 Å². The third kappa shape index (κ3) is 3.85. The molecule has 0 bridgehead atoms. The summed E-state index contributed by atoms with van der Waals surface area (Å²) in [6.07, 6.45) is 5.27. The van der Waals surface area contributed by atoms with E-state index in [2.05, 4.69) is 21.2 Å². The number of hydrogen-bond acceptors (Lipinski definition) is 3. The van der Waals surface area contributed by atoms with Crippen molar-refractivity contribution in [3.8, 4) is 0 Å². The summed E-state index contributed by atoms with van der Waals surface area (Å²) < 4.78 is 5.63. The molecule has 1 fully saturated rings. The summed E-state index contributed by atoms with van der Waals surface area (Å²) in [5, 5.41) is 4.09. The molecule has 1 saturated carbocycles. The molecule has 1 aliphatic rings. The summed E-state index contributed by atoms with van der Waals surface area (Å²) in [5.74, 6) is 0.110. The number of rotatable bonds is 4. The van der Waals surface area contributed by atoms with Gasteiger partial charge in [-0.25, -0.2) is 4.79 Å². The van der Waals surface area contributed by atoms with E-state index < -0.39 is 5.97 Å². The number of carbonyl (C=O) groups is 1. The van der Waals surface area contributed by atoms with Crippen LogP contribution in [0.2, 0.25) is 10.0 Å². The van der Waals surface area contributed by atoms with Crippen LogP contribution in [0.3, 0.4) is 0 Å². The van der Waals surface area contributed by atoms with Crippen LogP contribution in [0.4, 0.5) is 0 Å². The Balaban J connectivity index is 2.21. The Morgan fingerprint density at radius 1 is 1.32 bits per heavy atom. The lowest BCUT2D eigenvalue weighted by molar-refractivity contribution is 0.0535. The molecule has 0 saturated heterocycles. The Kier molecular flexibility index (Phi) is 6.33. The summed E-state index contributed by atoms with van der Waals surface area (Å²) in [5.41, 5.74) is -0.00368. The fraction of sp³-hybridized carbons (Fsp3) is 0.438. The van der Waals surface area contributed by atoms with Gasteiger partial charge in [-0.3, -0.25) is 0 Å². The summed E-state index contributed by atoms with van der Waals surface area (Å²) in [4.78, 5) is 14.1. The van der Waals surface area contributed by atoms with Crippen molar-refractivity contribution >= 4 is 45.1 Å². The minimum absolute atomic E-state index is 0.286. The summed E-state index contributed by atoms with van der Waals surface area (Å²) in [6, 6.07) is 4.73. The van der Waals surface area contributed by atoms with Gasteiger partial charge in [-0.05, 0) is 38.1 Å². The van der Waals surface area contributed by atoms with Gasteiger partial charge in [0.1, 0.15) is 5.76 Å². The topological polar surface area (TPSA) is 38.3 Å². The maximum absolute atomic E-state index is 12.4. The highest BCUT2D eigenvalue weighted by molar-refractivity contribution is 9.11. The minimum Gasteiger partial charge on any atom is -0.425 e. The van der Waals surface area contributed by atoms with Crippen LogP contribution in [0.1, 0.15) is 42.5 Å². The molecular formula is C16H18BrCl2NO2. The highest BCUT2D eigenvalue weighted by atomic mass is 79.9. The van der Waals surface area contributed by atoms with Gasteiger partial charge in [-0.2, -0.15) is 0 Å². The predicted octanol–water partition coefficient (Wildman–Crippen LogP) is 5.31. The average Bonchev–Trinajstić information content (AvgIpc) is 2.53. The third-order valence-corrected chi connectivity index (χ3v) is 5.07. The van der Waals surface area contributed by atoms with Gasteiger partial charge in [0.05, 0.1) is 16.1 Å². The van der Waals surface area contributed by atoms with Gasteiger partial charge >= 0.3 is 5.97 Å². The highest BCUT2D eigenvalue weighted by Crippen LogP contribution is 2.36. The summed E-state index contributed by atoms with van der Waals surface area (Å²) in [7, 11) is 1.89. The molecule has 1 aromatic rings. The van der Waals surface area contributed by atoms with E-state index in [1.54, 1.807) is 17.1 Å². The Bertz CT molecular complexity index is 584. The molecule has 1 aliphatic carbocycles. The second kappa shape index (κ2) is 7.82. The first kappa shape index (κ1) is 17.8. The van der Waals surface area contributed by atoms with Crippen LogP contribution in [-0.2, 0) is 4.74 Å². The predicted molar refractivity (Wildman–Crippen MR) is 93.8 cm³/mol. The third-order valence-electron chi connectivity index (χ3n) is 4.11. The second-order valence-corrected chi connectivity index (χ2v) is 6.68. The molecule has 0 amide bonds. The zero-order valence-corrected chi connectivity index (χ0v) is 15.4. The van der Waals surface area contributed by atoms with Crippen LogP contribution in [0.5, 0.6) is 0 Å². The van der Waals surface area contributed by atoms with E-state index >= 15 is 0 Å². The molecule has 1 aromatic carbocycles. The van der Waals surface area contributed by atoms with E-state index in [-0.39, 0.29) is 10.6 Å². The molecular weight excluding hydrogens is 389 g/mol. The van der Waals surface area contributed by atoms with Crippen LogP contribution in [0, 0.1) is 0 Å². The van der Waals surface area contributed by atoms with Crippen LogP contribution in [0.25, 0.3) is 0 Å². The van der Waals surface area contributed by atoms with E-state index in [4.69, 9.17) is 27.9 Å². The van der Waals surface area contributed by atoms with Crippen LogP contribution in [-0.4, -0.2) is 18.6 Å². The van der Waals surface area contributed by atoms with Crippen LogP contribution in [0.15, 0.2) is 28.9 Å². The van der Waals surface area contributed by atoms with Crippen molar-refractivity contribution in [1.82, 2.24) is 5.32 Å².